The topological polar surface area (TPSA) is 61.8 Å². The highest BCUT2D eigenvalue weighted by molar-refractivity contribution is 5.87. The van der Waals surface area contributed by atoms with Crippen molar-refractivity contribution in [3.63, 3.8) is 0 Å². The first-order valence-corrected chi connectivity index (χ1v) is 10.1. The zero-order valence-electron chi connectivity index (χ0n) is 15.8. The summed E-state index contributed by atoms with van der Waals surface area (Å²) in [6.45, 7) is 5.55. The first kappa shape index (κ1) is 20.4. The lowest BCUT2D eigenvalue weighted by Crippen LogP contribution is -2.42. The number of unbranched alkanes of at least 4 members (excludes halogenated alkanes) is 1. The highest BCUT2D eigenvalue weighted by Crippen LogP contribution is 2.30. The van der Waals surface area contributed by atoms with Gasteiger partial charge in [-0.25, -0.2) is 0 Å². The summed E-state index contributed by atoms with van der Waals surface area (Å²) >= 11 is 0. The van der Waals surface area contributed by atoms with Crippen LogP contribution in [0.15, 0.2) is 0 Å². The number of ketones is 1. The summed E-state index contributed by atoms with van der Waals surface area (Å²) in [7, 11) is 0. The van der Waals surface area contributed by atoms with Crippen LogP contribution < -0.4 is 0 Å². The van der Waals surface area contributed by atoms with E-state index in [1.165, 1.54) is 0 Å². The van der Waals surface area contributed by atoms with Gasteiger partial charge in [0.2, 0.25) is 0 Å². The first-order chi connectivity index (χ1) is 12.2. The first-order valence-electron chi connectivity index (χ1n) is 10.1. The molecule has 2 rings (SSSR count). The fourth-order valence-electron chi connectivity index (χ4n) is 3.86. The van der Waals surface area contributed by atoms with Gasteiger partial charge in [0.15, 0.2) is 5.78 Å². The van der Waals surface area contributed by atoms with Gasteiger partial charge in [0.05, 0.1) is 25.2 Å². The number of Topliss-reactive ketones (excluding diaryl/α,β-unsaturated/α-hetero) is 1. The molecule has 25 heavy (non-hydrogen) atoms. The molecular formula is C20H34O5. The van der Waals surface area contributed by atoms with Gasteiger partial charge in [-0.05, 0) is 32.6 Å². The molecule has 0 N–H and O–H groups in total. The molecule has 2 aliphatic heterocycles. The van der Waals surface area contributed by atoms with Gasteiger partial charge < -0.3 is 14.2 Å². The molecule has 144 valence electrons. The van der Waals surface area contributed by atoms with Crippen molar-refractivity contribution in [2.45, 2.75) is 83.8 Å². The maximum absolute atomic E-state index is 13.0. The lowest BCUT2D eigenvalue weighted by molar-refractivity contribution is -0.157. The number of hydrogen-bond donors (Lipinski definition) is 0. The zero-order valence-corrected chi connectivity index (χ0v) is 15.8. The molecule has 0 aromatic rings. The van der Waals surface area contributed by atoms with Crippen LogP contribution in [0.5, 0.6) is 0 Å². The molecule has 0 aliphatic carbocycles. The van der Waals surface area contributed by atoms with E-state index < -0.39 is 6.10 Å². The second-order valence-electron chi connectivity index (χ2n) is 7.35. The van der Waals surface area contributed by atoms with Crippen LogP contribution in [-0.4, -0.2) is 43.8 Å². The molecule has 0 spiro atoms. The minimum atomic E-state index is -0.427. The second-order valence-corrected chi connectivity index (χ2v) is 7.35. The molecule has 4 unspecified atom stereocenters. The Kier molecular flexibility index (Phi) is 8.90. The van der Waals surface area contributed by atoms with Crippen LogP contribution in [0.25, 0.3) is 0 Å². The second kappa shape index (κ2) is 10.9. The molecule has 2 bridgehead atoms. The fraction of sp³-hybridized carbons (Fsp3) is 0.900. The standard InChI is InChI=1S/C20H34O5/c1-3-5-8-15(20(22)24-4-2)13-18(21)19-16-9-6-7-10-17(25-19)11-12-23-14-16/h15-17,19H,3-14H2,1-2H3. The molecule has 0 amide bonds. The monoisotopic (exact) mass is 354 g/mol. The summed E-state index contributed by atoms with van der Waals surface area (Å²) in [5.41, 5.74) is 0. The van der Waals surface area contributed by atoms with E-state index in [9.17, 15) is 9.59 Å². The summed E-state index contributed by atoms with van der Waals surface area (Å²) in [6.07, 6.45) is 7.63. The molecule has 2 saturated heterocycles. The molecule has 0 radical (unpaired) electrons. The van der Waals surface area contributed by atoms with Gasteiger partial charge in [0.1, 0.15) is 6.10 Å². The third kappa shape index (κ3) is 6.37. The van der Waals surface area contributed by atoms with Crippen LogP contribution in [0.3, 0.4) is 0 Å². The summed E-state index contributed by atoms with van der Waals surface area (Å²) in [6, 6.07) is 0. The average Bonchev–Trinajstić information content (AvgIpc) is 2.57. The van der Waals surface area contributed by atoms with Crippen molar-refractivity contribution < 1.29 is 23.8 Å². The Labute approximate surface area is 151 Å². The van der Waals surface area contributed by atoms with Crippen LogP contribution >= 0.6 is 0 Å². The van der Waals surface area contributed by atoms with Crippen molar-refractivity contribution in [2.24, 2.45) is 11.8 Å². The lowest BCUT2D eigenvalue weighted by atomic mass is 9.86. The van der Waals surface area contributed by atoms with Crippen molar-refractivity contribution in [3.8, 4) is 0 Å². The van der Waals surface area contributed by atoms with E-state index in [0.29, 0.717) is 26.2 Å². The predicted octanol–water partition coefficient (Wildman–Crippen LogP) is 3.68. The summed E-state index contributed by atoms with van der Waals surface area (Å²) in [5, 5.41) is 0. The Morgan fingerprint density at radius 1 is 1.16 bits per heavy atom. The smallest absolute Gasteiger partial charge is 0.309 e. The summed E-state index contributed by atoms with van der Waals surface area (Å²) < 4.78 is 17.2. The molecule has 0 saturated carbocycles. The van der Waals surface area contributed by atoms with Crippen molar-refractivity contribution in [1.29, 1.82) is 0 Å². The Balaban J connectivity index is 2.04. The Bertz CT molecular complexity index is 410. The minimum absolute atomic E-state index is 0.0524. The molecule has 2 fully saturated rings. The third-order valence-electron chi connectivity index (χ3n) is 5.33. The number of fused-ring (bicyclic) bond motifs is 3. The van der Waals surface area contributed by atoms with Crippen LogP contribution in [0.4, 0.5) is 0 Å². The van der Waals surface area contributed by atoms with Gasteiger partial charge in [-0.15, -0.1) is 0 Å². The van der Waals surface area contributed by atoms with Crippen LogP contribution in [-0.2, 0) is 23.8 Å². The largest absolute Gasteiger partial charge is 0.466 e. The van der Waals surface area contributed by atoms with Crippen molar-refractivity contribution in [1.82, 2.24) is 0 Å². The maximum Gasteiger partial charge on any atom is 0.309 e. The number of ether oxygens (including phenoxy) is 3. The lowest BCUT2D eigenvalue weighted by Gasteiger charge is -2.35. The van der Waals surface area contributed by atoms with Crippen molar-refractivity contribution >= 4 is 11.8 Å². The van der Waals surface area contributed by atoms with E-state index >= 15 is 0 Å². The molecule has 2 heterocycles. The van der Waals surface area contributed by atoms with E-state index in [2.05, 4.69) is 6.92 Å². The third-order valence-corrected chi connectivity index (χ3v) is 5.33. The molecule has 0 aromatic heterocycles. The minimum Gasteiger partial charge on any atom is -0.466 e. The number of carbonyl (C=O) groups excluding carboxylic acids is 2. The number of hydrogen-bond acceptors (Lipinski definition) is 5. The summed E-state index contributed by atoms with van der Waals surface area (Å²) in [4.78, 5) is 25.2. The van der Waals surface area contributed by atoms with E-state index in [4.69, 9.17) is 14.2 Å². The average molecular weight is 354 g/mol. The normalized spacial score (nSPS) is 28.3. The van der Waals surface area contributed by atoms with E-state index in [-0.39, 0.29) is 36.1 Å². The molecule has 0 aromatic carbocycles. The molecule has 2 aliphatic rings. The quantitative estimate of drug-likeness (QED) is 0.622. The predicted molar refractivity (Wildman–Crippen MR) is 95.3 cm³/mol. The van der Waals surface area contributed by atoms with Gasteiger partial charge in [-0.3, -0.25) is 9.59 Å². The van der Waals surface area contributed by atoms with E-state index in [0.717, 1.165) is 44.9 Å². The van der Waals surface area contributed by atoms with Crippen LogP contribution in [0, 0.1) is 11.8 Å². The fourth-order valence-corrected chi connectivity index (χ4v) is 3.86. The van der Waals surface area contributed by atoms with E-state index in [1.54, 1.807) is 6.92 Å². The van der Waals surface area contributed by atoms with Gasteiger partial charge in [-0.2, -0.15) is 0 Å². The van der Waals surface area contributed by atoms with Gasteiger partial charge in [0.25, 0.3) is 0 Å². The Hall–Kier alpha value is -0.940. The van der Waals surface area contributed by atoms with Crippen molar-refractivity contribution in [3.05, 3.63) is 0 Å². The molecule has 4 atom stereocenters. The van der Waals surface area contributed by atoms with Crippen LogP contribution in [0.2, 0.25) is 0 Å². The van der Waals surface area contributed by atoms with Gasteiger partial charge in [0, 0.05) is 18.9 Å². The molecular weight excluding hydrogens is 320 g/mol. The van der Waals surface area contributed by atoms with Crippen molar-refractivity contribution in [2.75, 3.05) is 19.8 Å². The van der Waals surface area contributed by atoms with E-state index in [1.807, 2.05) is 0 Å². The van der Waals surface area contributed by atoms with Crippen LogP contribution in [0.1, 0.15) is 71.6 Å². The Morgan fingerprint density at radius 2 is 1.96 bits per heavy atom. The maximum atomic E-state index is 13.0. The highest BCUT2D eigenvalue weighted by atomic mass is 16.5. The van der Waals surface area contributed by atoms with Gasteiger partial charge >= 0.3 is 5.97 Å². The molecule has 5 heteroatoms. The van der Waals surface area contributed by atoms with Gasteiger partial charge in [-0.1, -0.05) is 32.6 Å². The SMILES string of the molecule is CCCCC(CC(=O)C1OC2CCCCC1COCC2)C(=O)OCC. The molecule has 5 nitrogen and oxygen atoms in total. The zero-order chi connectivity index (χ0) is 18.1. The number of rotatable bonds is 8. The Morgan fingerprint density at radius 3 is 2.72 bits per heavy atom. The summed E-state index contributed by atoms with van der Waals surface area (Å²) in [5.74, 6) is -0.419. The highest BCUT2D eigenvalue weighted by Gasteiger charge is 2.36. The number of esters is 1. The number of carbonyl (C=O) groups is 2.